The molecule has 7 nitrogen and oxygen atoms in total. The Morgan fingerprint density at radius 1 is 0.911 bits per heavy atom. The van der Waals surface area contributed by atoms with E-state index in [2.05, 4.69) is 34.5 Å². The SMILES string of the molecule is C[C@@H](NC(=O)c1cccc(N2CCOCC2)c1)c1ccc(C(=C2CC3(C2)CN(C(=O)OC(C)(C)C)C3)c2ccc(F)cc2)cc1. The summed E-state index contributed by atoms with van der Waals surface area (Å²) in [4.78, 5) is 29.7. The molecule has 1 saturated carbocycles. The number of nitrogens with zero attached hydrogens (tertiary/aromatic N) is 2. The predicted octanol–water partition coefficient (Wildman–Crippen LogP) is 6.99. The lowest BCUT2D eigenvalue weighted by Gasteiger charge is -2.57. The number of carbonyl (C=O) groups is 2. The quantitative estimate of drug-likeness (QED) is 0.326. The van der Waals surface area contributed by atoms with Gasteiger partial charge in [0, 0.05) is 42.8 Å². The third kappa shape index (κ3) is 6.91. The molecule has 0 radical (unpaired) electrons. The van der Waals surface area contributed by atoms with Gasteiger partial charge in [0.05, 0.1) is 19.3 Å². The molecule has 0 bridgehead atoms. The zero-order valence-corrected chi connectivity index (χ0v) is 26.6. The van der Waals surface area contributed by atoms with Crippen molar-refractivity contribution in [3.63, 3.8) is 0 Å². The Bertz CT molecular complexity index is 1570. The minimum atomic E-state index is -0.513. The first kappa shape index (κ1) is 30.8. The van der Waals surface area contributed by atoms with Crippen molar-refractivity contribution in [2.75, 3.05) is 44.3 Å². The van der Waals surface area contributed by atoms with E-state index in [0.29, 0.717) is 31.9 Å². The van der Waals surface area contributed by atoms with Crippen molar-refractivity contribution in [2.45, 2.75) is 52.2 Å². The maximum atomic E-state index is 13.9. The monoisotopic (exact) mass is 611 g/mol. The van der Waals surface area contributed by atoms with Crippen molar-refractivity contribution in [2.24, 2.45) is 5.41 Å². The summed E-state index contributed by atoms with van der Waals surface area (Å²) in [6, 6.07) is 22.5. The summed E-state index contributed by atoms with van der Waals surface area (Å²) in [6.45, 7) is 12.0. The Balaban J connectivity index is 1.15. The second kappa shape index (κ2) is 12.3. The average Bonchev–Trinajstić information content (AvgIpc) is 2.98. The number of allylic oxidation sites excluding steroid dienone is 1. The van der Waals surface area contributed by atoms with Crippen LogP contribution < -0.4 is 10.2 Å². The first-order valence-electron chi connectivity index (χ1n) is 15.8. The largest absolute Gasteiger partial charge is 0.444 e. The smallest absolute Gasteiger partial charge is 0.410 e. The molecular formula is C37H42FN3O4. The Labute approximate surface area is 265 Å². The van der Waals surface area contributed by atoms with E-state index in [1.54, 1.807) is 4.90 Å². The van der Waals surface area contributed by atoms with E-state index in [1.807, 2.05) is 64.1 Å². The minimum absolute atomic E-state index is 0.0787. The van der Waals surface area contributed by atoms with Gasteiger partial charge < -0.3 is 24.6 Å². The Morgan fingerprint density at radius 2 is 1.53 bits per heavy atom. The molecule has 3 aromatic carbocycles. The van der Waals surface area contributed by atoms with Crippen molar-refractivity contribution in [3.8, 4) is 0 Å². The van der Waals surface area contributed by atoms with Gasteiger partial charge in [-0.05, 0) is 93.1 Å². The van der Waals surface area contributed by atoms with Crippen LogP contribution in [0.5, 0.6) is 0 Å². The third-order valence-electron chi connectivity index (χ3n) is 8.90. The molecule has 2 amide bonds. The molecule has 8 heteroatoms. The number of nitrogens with one attached hydrogen (secondary N) is 1. The second-order valence-electron chi connectivity index (χ2n) is 13.6. The maximum absolute atomic E-state index is 13.9. The molecule has 1 N–H and O–H groups in total. The number of ether oxygens (including phenoxy) is 2. The van der Waals surface area contributed by atoms with Gasteiger partial charge in [0.15, 0.2) is 0 Å². The molecule has 2 aliphatic heterocycles. The molecule has 3 aliphatic rings. The minimum Gasteiger partial charge on any atom is -0.444 e. The van der Waals surface area contributed by atoms with Gasteiger partial charge in [0.2, 0.25) is 0 Å². The topological polar surface area (TPSA) is 71.1 Å². The summed E-state index contributed by atoms with van der Waals surface area (Å²) in [6.07, 6.45) is 1.51. The molecule has 45 heavy (non-hydrogen) atoms. The number of hydrogen-bond acceptors (Lipinski definition) is 5. The lowest BCUT2D eigenvalue weighted by atomic mass is 9.59. The average molecular weight is 612 g/mol. The Kier molecular flexibility index (Phi) is 8.44. The molecular weight excluding hydrogens is 569 g/mol. The molecule has 0 unspecified atom stereocenters. The highest BCUT2D eigenvalue weighted by atomic mass is 19.1. The van der Waals surface area contributed by atoms with Crippen molar-refractivity contribution in [1.82, 2.24) is 10.2 Å². The molecule has 236 valence electrons. The van der Waals surface area contributed by atoms with E-state index in [-0.39, 0.29) is 29.3 Å². The van der Waals surface area contributed by atoms with E-state index in [4.69, 9.17) is 9.47 Å². The van der Waals surface area contributed by atoms with Crippen molar-refractivity contribution in [1.29, 1.82) is 0 Å². The molecule has 1 atom stereocenters. The number of morpholine rings is 1. The zero-order chi connectivity index (χ0) is 31.8. The highest BCUT2D eigenvalue weighted by Crippen LogP contribution is 2.55. The van der Waals surface area contributed by atoms with Crippen LogP contribution in [0.3, 0.4) is 0 Å². The predicted molar refractivity (Wildman–Crippen MR) is 174 cm³/mol. The van der Waals surface area contributed by atoms with E-state index < -0.39 is 5.60 Å². The van der Waals surface area contributed by atoms with Crippen LogP contribution in [0.1, 0.15) is 73.6 Å². The van der Waals surface area contributed by atoms with Crippen molar-refractivity contribution in [3.05, 3.63) is 106 Å². The summed E-state index contributed by atoms with van der Waals surface area (Å²) in [5.41, 5.74) is 6.66. The maximum Gasteiger partial charge on any atom is 0.410 e. The fraction of sp³-hybridized carbons (Fsp3) is 0.405. The summed E-state index contributed by atoms with van der Waals surface area (Å²) >= 11 is 0. The Morgan fingerprint density at radius 3 is 2.16 bits per heavy atom. The summed E-state index contributed by atoms with van der Waals surface area (Å²) in [5, 5.41) is 3.15. The van der Waals surface area contributed by atoms with Crippen LogP contribution in [-0.2, 0) is 9.47 Å². The van der Waals surface area contributed by atoms with Crippen LogP contribution in [0.4, 0.5) is 14.9 Å². The number of halogens is 1. The van der Waals surface area contributed by atoms with Gasteiger partial charge in [0.25, 0.3) is 5.91 Å². The van der Waals surface area contributed by atoms with Crippen LogP contribution in [0, 0.1) is 11.2 Å². The van der Waals surface area contributed by atoms with Gasteiger partial charge in [0.1, 0.15) is 11.4 Å². The molecule has 3 aromatic rings. The van der Waals surface area contributed by atoms with Gasteiger partial charge >= 0.3 is 6.09 Å². The van der Waals surface area contributed by atoms with E-state index in [1.165, 1.54) is 17.7 Å². The Hall–Kier alpha value is -4.17. The second-order valence-corrected chi connectivity index (χ2v) is 13.6. The highest BCUT2D eigenvalue weighted by molar-refractivity contribution is 5.95. The number of anilines is 1. The first-order chi connectivity index (χ1) is 21.5. The number of amides is 2. The number of likely N-dealkylation sites (tertiary alicyclic amines) is 1. The standard InChI is InChI=1S/C37H42FN3O4/c1-25(39-34(42)29-6-5-7-32(20-29)40-16-18-44-19-17-40)26-8-10-27(11-9-26)33(28-12-14-31(38)15-13-28)30-21-37(22-30)23-41(24-37)35(43)45-36(2,3)4/h5-15,20,25H,16-19,21-24H2,1-4H3,(H,39,42)/t25-/m1/s1. The van der Waals surface area contributed by atoms with Crippen LogP contribution in [0.15, 0.2) is 78.4 Å². The molecule has 6 rings (SSSR count). The van der Waals surface area contributed by atoms with Crippen LogP contribution >= 0.6 is 0 Å². The first-order valence-corrected chi connectivity index (χ1v) is 15.8. The number of rotatable bonds is 6. The fourth-order valence-electron chi connectivity index (χ4n) is 6.63. The molecule has 2 heterocycles. The molecule has 0 aromatic heterocycles. The van der Waals surface area contributed by atoms with Crippen molar-refractivity contribution >= 4 is 23.3 Å². The fourth-order valence-corrected chi connectivity index (χ4v) is 6.63. The summed E-state index contributed by atoms with van der Waals surface area (Å²) < 4.78 is 24.9. The number of benzene rings is 3. The summed E-state index contributed by atoms with van der Waals surface area (Å²) in [5.74, 6) is -0.382. The van der Waals surface area contributed by atoms with Crippen molar-refractivity contribution < 1.29 is 23.5 Å². The molecule has 2 saturated heterocycles. The van der Waals surface area contributed by atoms with Gasteiger partial charge in [-0.15, -0.1) is 0 Å². The van der Waals surface area contributed by atoms with Gasteiger partial charge in [-0.2, -0.15) is 0 Å². The van der Waals surface area contributed by atoms with Crippen LogP contribution in [-0.4, -0.2) is 61.9 Å². The lowest BCUT2D eigenvalue weighted by molar-refractivity contribution is -0.0500. The zero-order valence-electron chi connectivity index (χ0n) is 26.6. The third-order valence-corrected chi connectivity index (χ3v) is 8.90. The normalized spacial score (nSPS) is 18.1. The number of hydrogen-bond donors (Lipinski definition) is 1. The van der Waals surface area contributed by atoms with E-state index in [0.717, 1.165) is 53.9 Å². The number of carbonyl (C=O) groups excluding carboxylic acids is 2. The lowest BCUT2D eigenvalue weighted by Crippen LogP contribution is -2.62. The molecule has 1 spiro atoms. The van der Waals surface area contributed by atoms with E-state index in [9.17, 15) is 14.0 Å². The summed E-state index contributed by atoms with van der Waals surface area (Å²) in [7, 11) is 0. The van der Waals surface area contributed by atoms with E-state index >= 15 is 0 Å². The van der Waals surface area contributed by atoms with Gasteiger partial charge in [-0.3, -0.25) is 4.79 Å². The molecule has 1 aliphatic carbocycles. The molecule has 3 fully saturated rings. The highest BCUT2D eigenvalue weighted by Gasteiger charge is 2.53. The van der Waals surface area contributed by atoms with Gasteiger partial charge in [-0.1, -0.05) is 48.0 Å². The van der Waals surface area contributed by atoms with Gasteiger partial charge in [-0.25, -0.2) is 9.18 Å². The van der Waals surface area contributed by atoms with Crippen LogP contribution in [0.25, 0.3) is 5.57 Å². The van der Waals surface area contributed by atoms with Crippen LogP contribution in [0.2, 0.25) is 0 Å².